The zero-order valence-corrected chi connectivity index (χ0v) is 13.7. The number of nitrogens with zero attached hydrogens (tertiary/aromatic N) is 2. The number of likely N-dealkylation sites (tertiary alicyclic amines) is 1. The number of carbonyl (C=O) groups is 2. The predicted octanol–water partition coefficient (Wildman–Crippen LogP) is 1.56. The molecule has 23 heavy (non-hydrogen) atoms. The topological polar surface area (TPSA) is 91.8 Å². The van der Waals surface area contributed by atoms with E-state index in [0.717, 1.165) is 5.56 Å². The predicted molar refractivity (Wildman–Crippen MR) is 85.0 cm³/mol. The zero-order valence-electron chi connectivity index (χ0n) is 13.7. The molecule has 1 aromatic heterocycles. The van der Waals surface area contributed by atoms with Gasteiger partial charge in [0.1, 0.15) is 17.5 Å². The second-order valence-electron chi connectivity index (χ2n) is 6.49. The van der Waals surface area contributed by atoms with E-state index in [9.17, 15) is 9.59 Å². The number of nitrogens with one attached hydrogen (secondary N) is 1. The SMILES string of the molecule is CC(C)(C)OC(=O)N1CC[C@@H]1C(=O)Nc1cc(CCO)ccn1. The van der Waals surface area contributed by atoms with Gasteiger partial charge in [0.25, 0.3) is 0 Å². The minimum atomic E-state index is -0.589. The van der Waals surface area contributed by atoms with E-state index in [-0.39, 0.29) is 12.5 Å². The standard InChI is InChI=1S/C16H23N3O4/c1-16(2,3)23-15(22)19-8-5-12(19)14(21)18-13-10-11(6-9-20)4-7-17-13/h4,7,10,12,20H,5-6,8-9H2,1-3H3,(H,17,18,21)/t12-/m1/s1. The minimum absolute atomic E-state index is 0.0342. The van der Waals surface area contributed by atoms with Crippen molar-refractivity contribution >= 4 is 17.8 Å². The third-order valence-electron chi connectivity index (χ3n) is 3.43. The molecule has 0 spiro atoms. The van der Waals surface area contributed by atoms with Gasteiger partial charge >= 0.3 is 6.09 Å². The normalized spacial score (nSPS) is 17.4. The molecule has 126 valence electrons. The van der Waals surface area contributed by atoms with Crippen molar-refractivity contribution in [3.63, 3.8) is 0 Å². The number of amides is 2. The third-order valence-corrected chi connectivity index (χ3v) is 3.43. The van der Waals surface area contributed by atoms with Crippen LogP contribution in [0.15, 0.2) is 18.3 Å². The van der Waals surface area contributed by atoms with E-state index in [0.29, 0.717) is 25.2 Å². The van der Waals surface area contributed by atoms with Crippen molar-refractivity contribution in [3.05, 3.63) is 23.9 Å². The van der Waals surface area contributed by atoms with E-state index in [2.05, 4.69) is 10.3 Å². The maximum atomic E-state index is 12.3. The molecule has 0 aromatic carbocycles. The van der Waals surface area contributed by atoms with Gasteiger partial charge in [-0.3, -0.25) is 9.69 Å². The van der Waals surface area contributed by atoms with Gasteiger partial charge in [-0.05, 0) is 51.3 Å². The van der Waals surface area contributed by atoms with Crippen molar-refractivity contribution in [2.45, 2.75) is 45.3 Å². The Balaban J connectivity index is 1.95. The summed E-state index contributed by atoms with van der Waals surface area (Å²) in [5.74, 6) is 0.132. The van der Waals surface area contributed by atoms with Gasteiger partial charge in [0.15, 0.2) is 0 Å². The first-order chi connectivity index (χ1) is 10.8. The average molecular weight is 321 g/mol. The molecule has 2 N–H and O–H groups in total. The fraction of sp³-hybridized carbons (Fsp3) is 0.562. The lowest BCUT2D eigenvalue weighted by atomic mass is 10.0. The highest BCUT2D eigenvalue weighted by molar-refractivity contribution is 5.96. The Bertz CT molecular complexity index is 583. The summed E-state index contributed by atoms with van der Waals surface area (Å²) >= 11 is 0. The quantitative estimate of drug-likeness (QED) is 0.878. The van der Waals surface area contributed by atoms with Gasteiger partial charge < -0.3 is 15.2 Å². The van der Waals surface area contributed by atoms with Crippen LogP contribution in [-0.4, -0.2) is 51.8 Å². The second-order valence-corrected chi connectivity index (χ2v) is 6.49. The summed E-state index contributed by atoms with van der Waals surface area (Å²) in [6.07, 6.45) is 2.19. The third kappa shape index (κ3) is 4.66. The number of carbonyl (C=O) groups excluding carboxylic acids is 2. The summed E-state index contributed by atoms with van der Waals surface area (Å²) in [4.78, 5) is 29.8. The summed E-state index contributed by atoms with van der Waals surface area (Å²) in [7, 11) is 0. The number of rotatable bonds is 4. The molecule has 2 amide bonds. The zero-order chi connectivity index (χ0) is 17.0. The molecule has 0 bridgehead atoms. The molecule has 1 fully saturated rings. The number of aliphatic hydroxyl groups excluding tert-OH is 1. The second kappa shape index (κ2) is 6.95. The molecule has 1 aromatic rings. The molecule has 1 aliphatic heterocycles. The van der Waals surface area contributed by atoms with Crippen LogP contribution in [0.4, 0.5) is 10.6 Å². The van der Waals surface area contributed by atoms with Crippen LogP contribution in [0.3, 0.4) is 0 Å². The van der Waals surface area contributed by atoms with Crippen LogP contribution < -0.4 is 5.32 Å². The van der Waals surface area contributed by atoms with Crippen LogP contribution >= 0.6 is 0 Å². The van der Waals surface area contributed by atoms with Gasteiger partial charge in [0.2, 0.25) is 5.91 Å². The molecule has 0 aliphatic carbocycles. The Labute approximate surface area is 135 Å². The smallest absolute Gasteiger partial charge is 0.410 e. The van der Waals surface area contributed by atoms with Crippen molar-refractivity contribution in [2.24, 2.45) is 0 Å². The van der Waals surface area contributed by atoms with Crippen molar-refractivity contribution in [3.8, 4) is 0 Å². The lowest BCUT2D eigenvalue weighted by Gasteiger charge is -2.40. The minimum Gasteiger partial charge on any atom is -0.444 e. The van der Waals surface area contributed by atoms with Gasteiger partial charge in [-0.25, -0.2) is 9.78 Å². The number of hydrogen-bond donors (Lipinski definition) is 2. The maximum absolute atomic E-state index is 12.3. The summed E-state index contributed by atoms with van der Waals surface area (Å²) in [5.41, 5.74) is 0.295. The van der Waals surface area contributed by atoms with Crippen LogP contribution in [0, 0.1) is 0 Å². The first kappa shape index (κ1) is 17.2. The first-order valence-corrected chi connectivity index (χ1v) is 7.66. The van der Waals surface area contributed by atoms with E-state index in [4.69, 9.17) is 9.84 Å². The Hall–Kier alpha value is -2.15. The van der Waals surface area contributed by atoms with Crippen LogP contribution in [0.2, 0.25) is 0 Å². The first-order valence-electron chi connectivity index (χ1n) is 7.66. The number of anilines is 1. The molecule has 7 heteroatoms. The summed E-state index contributed by atoms with van der Waals surface area (Å²) in [6, 6.07) is 2.96. The van der Waals surface area contributed by atoms with Crippen LogP contribution in [0.25, 0.3) is 0 Å². The number of pyridine rings is 1. The van der Waals surface area contributed by atoms with Crippen molar-refractivity contribution in [1.29, 1.82) is 0 Å². The van der Waals surface area contributed by atoms with Crippen molar-refractivity contribution < 1.29 is 19.4 Å². The largest absolute Gasteiger partial charge is 0.444 e. The molecule has 0 radical (unpaired) electrons. The van der Waals surface area contributed by atoms with Crippen LogP contribution in [-0.2, 0) is 16.0 Å². The molecule has 1 atom stereocenters. The number of aromatic nitrogens is 1. The average Bonchev–Trinajstić information content (AvgIpc) is 2.35. The van der Waals surface area contributed by atoms with E-state index < -0.39 is 17.7 Å². The number of aliphatic hydroxyl groups is 1. The summed E-state index contributed by atoms with van der Waals surface area (Å²) in [6.45, 7) is 5.90. The van der Waals surface area contributed by atoms with Crippen molar-refractivity contribution in [2.75, 3.05) is 18.5 Å². The highest BCUT2D eigenvalue weighted by Gasteiger charge is 2.39. The molecule has 1 aliphatic rings. The van der Waals surface area contributed by atoms with E-state index >= 15 is 0 Å². The molecular weight excluding hydrogens is 298 g/mol. The molecule has 2 rings (SSSR count). The van der Waals surface area contributed by atoms with E-state index in [1.54, 1.807) is 39.1 Å². The lowest BCUT2D eigenvalue weighted by molar-refractivity contribution is -0.125. The van der Waals surface area contributed by atoms with Crippen molar-refractivity contribution in [1.82, 2.24) is 9.88 Å². The monoisotopic (exact) mass is 321 g/mol. The maximum Gasteiger partial charge on any atom is 0.410 e. The highest BCUT2D eigenvalue weighted by Crippen LogP contribution is 2.22. The van der Waals surface area contributed by atoms with Gasteiger partial charge in [0, 0.05) is 19.3 Å². The Morgan fingerprint density at radius 1 is 1.48 bits per heavy atom. The molecule has 2 heterocycles. The number of ether oxygens (including phenoxy) is 1. The summed E-state index contributed by atoms with van der Waals surface area (Å²) in [5, 5.41) is 11.7. The highest BCUT2D eigenvalue weighted by atomic mass is 16.6. The van der Waals surface area contributed by atoms with Gasteiger partial charge in [0.05, 0.1) is 0 Å². The Morgan fingerprint density at radius 2 is 2.22 bits per heavy atom. The fourth-order valence-electron chi connectivity index (χ4n) is 2.24. The van der Waals surface area contributed by atoms with Crippen LogP contribution in [0.1, 0.15) is 32.8 Å². The van der Waals surface area contributed by atoms with Gasteiger partial charge in [-0.15, -0.1) is 0 Å². The molecule has 0 unspecified atom stereocenters. The molecule has 0 saturated carbocycles. The van der Waals surface area contributed by atoms with E-state index in [1.807, 2.05) is 0 Å². The Kier molecular flexibility index (Phi) is 5.20. The van der Waals surface area contributed by atoms with E-state index in [1.165, 1.54) is 4.90 Å². The molecule has 7 nitrogen and oxygen atoms in total. The molecule has 1 saturated heterocycles. The number of hydrogen-bond acceptors (Lipinski definition) is 5. The molecular formula is C16H23N3O4. The lowest BCUT2D eigenvalue weighted by Crippen LogP contribution is -2.57. The fourth-order valence-corrected chi connectivity index (χ4v) is 2.24. The van der Waals surface area contributed by atoms with Crippen LogP contribution in [0.5, 0.6) is 0 Å². The summed E-state index contributed by atoms with van der Waals surface area (Å²) < 4.78 is 5.29. The van der Waals surface area contributed by atoms with Gasteiger partial charge in [-0.2, -0.15) is 0 Å². The Morgan fingerprint density at radius 3 is 2.78 bits per heavy atom. The van der Waals surface area contributed by atoms with Gasteiger partial charge in [-0.1, -0.05) is 0 Å².